The van der Waals surface area contributed by atoms with E-state index in [2.05, 4.69) is 13.8 Å². The fraction of sp³-hybridized carbons (Fsp3) is 0.538. The van der Waals surface area contributed by atoms with E-state index in [9.17, 15) is 5.11 Å². The molecule has 1 rings (SSSR count). The minimum absolute atomic E-state index is 0.396. The van der Waals surface area contributed by atoms with Gasteiger partial charge in [0.2, 0.25) is 0 Å². The van der Waals surface area contributed by atoms with Gasteiger partial charge in [-0.25, -0.2) is 0 Å². The lowest BCUT2D eigenvalue weighted by Crippen LogP contribution is -1.91. The molecule has 0 aliphatic heterocycles. The van der Waals surface area contributed by atoms with Crippen LogP contribution in [0, 0.1) is 0 Å². The average molecular weight is 227 g/mol. The molecule has 0 fully saturated rings. The summed E-state index contributed by atoms with van der Waals surface area (Å²) in [6.07, 6.45) is 5.13. The minimum atomic E-state index is 0.396. The van der Waals surface area contributed by atoms with Gasteiger partial charge < -0.3 is 5.11 Å². The smallest absolute Gasteiger partial charge is 0.119 e. The van der Waals surface area contributed by atoms with Crippen LogP contribution >= 0.6 is 11.6 Å². The van der Waals surface area contributed by atoms with Crippen LogP contribution in [0.1, 0.15) is 44.2 Å². The molecule has 1 aromatic rings. The number of phenols is 1. The number of benzene rings is 1. The first kappa shape index (κ1) is 12.4. The molecule has 0 spiro atoms. The molecular formula is C13H19ClO. The number of aromatic hydroxyl groups is 1. The van der Waals surface area contributed by atoms with Crippen molar-refractivity contribution in [1.82, 2.24) is 0 Å². The van der Waals surface area contributed by atoms with E-state index in [4.69, 9.17) is 11.6 Å². The molecule has 84 valence electrons. The Morgan fingerprint density at radius 3 is 2.40 bits per heavy atom. The van der Waals surface area contributed by atoms with Crippen molar-refractivity contribution in [1.29, 1.82) is 0 Å². The van der Waals surface area contributed by atoms with E-state index < -0.39 is 0 Å². The Bertz CT molecular complexity index is 321. The molecule has 0 saturated carbocycles. The predicted octanol–water partition coefficient (Wildman–Crippen LogP) is 4.34. The SMILES string of the molecule is CCCCc1cc(O)c(CCC)cc1Cl. The van der Waals surface area contributed by atoms with Crippen LogP contribution < -0.4 is 0 Å². The number of halogens is 1. The van der Waals surface area contributed by atoms with Gasteiger partial charge in [-0.05, 0) is 42.5 Å². The summed E-state index contributed by atoms with van der Waals surface area (Å²) in [7, 11) is 0. The van der Waals surface area contributed by atoms with Gasteiger partial charge in [0.25, 0.3) is 0 Å². The number of aryl methyl sites for hydroxylation is 2. The van der Waals surface area contributed by atoms with Gasteiger partial charge in [0, 0.05) is 5.02 Å². The number of phenolic OH excluding ortho intramolecular Hbond substituents is 1. The van der Waals surface area contributed by atoms with Crippen molar-refractivity contribution in [2.24, 2.45) is 0 Å². The zero-order valence-corrected chi connectivity index (χ0v) is 10.3. The lowest BCUT2D eigenvalue weighted by molar-refractivity contribution is 0.466. The van der Waals surface area contributed by atoms with E-state index in [1.54, 1.807) is 0 Å². The van der Waals surface area contributed by atoms with E-state index in [1.807, 2.05) is 12.1 Å². The third kappa shape index (κ3) is 3.42. The maximum Gasteiger partial charge on any atom is 0.119 e. The fourth-order valence-electron chi connectivity index (χ4n) is 1.67. The van der Waals surface area contributed by atoms with Crippen molar-refractivity contribution < 1.29 is 5.11 Å². The predicted molar refractivity (Wildman–Crippen MR) is 65.7 cm³/mol. The lowest BCUT2D eigenvalue weighted by Gasteiger charge is -2.08. The summed E-state index contributed by atoms with van der Waals surface area (Å²) in [5, 5.41) is 10.6. The molecule has 0 bridgehead atoms. The van der Waals surface area contributed by atoms with Gasteiger partial charge in [0.05, 0.1) is 0 Å². The molecule has 1 aromatic carbocycles. The van der Waals surface area contributed by atoms with Crippen LogP contribution in [-0.2, 0) is 12.8 Å². The fourth-order valence-corrected chi connectivity index (χ4v) is 1.96. The molecule has 0 atom stereocenters. The van der Waals surface area contributed by atoms with Gasteiger partial charge in [0.15, 0.2) is 0 Å². The molecule has 0 aliphatic rings. The molecule has 0 aromatic heterocycles. The van der Waals surface area contributed by atoms with Gasteiger partial charge in [-0.3, -0.25) is 0 Å². The zero-order chi connectivity index (χ0) is 11.3. The first-order chi connectivity index (χ1) is 7.19. The Labute approximate surface area is 97.1 Å². The molecule has 0 unspecified atom stereocenters. The van der Waals surface area contributed by atoms with E-state index in [1.165, 1.54) is 0 Å². The molecule has 1 nitrogen and oxygen atoms in total. The highest BCUT2D eigenvalue weighted by Crippen LogP contribution is 2.28. The molecule has 1 N–H and O–H groups in total. The second-order valence-electron chi connectivity index (χ2n) is 3.93. The van der Waals surface area contributed by atoms with Crippen LogP contribution in [0.25, 0.3) is 0 Å². The van der Waals surface area contributed by atoms with E-state index in [0.29, 0.717) is 5.75 Å². The summed E-state index contributed by atoms with van der Waals surface area (Å²) in [4.78, 5) is 0. The summed E-state index contributed by atoms with van der Waals surface area (Å²) in [5.74, 6) is 0.396. The van der Waals surface area contributed by atoms with Gasteiger partial charge >= 0.3 is 0 Å². The van der Waals surface area contributed by atoms with Gasteiger partial charge in [-0.2, -0.15) is 0 Å². The molecule has 0 saturated heterocycles. The van der Waals surface area contributed by atoms with Gasteiger partial charge in [-0.15, -0.1) is 0 Å². The summed E-state index contributed by atoms with van der Waals surface area (Å²) in [6.45, 7) is 4.25. The maximum absolute atomic E-state index is 9.79. The maximum atomic E-state index is 9.79. The highest BCUT2D eigenvalue weighted by Gasteiger charge is 2.06. The lowest BCUT2D eigenvalue weighted by atomic mass is 10.0. The Hall–Kier alpha value is -0.690. The van der Waals surface area contributed by atoms with Crippen molar-refractivity contribution in [3.05, 3.63) is 28.3 Å². The summed E-state index contributed by atoms with van der Waals surface area (Å²) >= 11 is 6.16. The topological polar surface area (TPSA) is 20.2 Å². The van der Waals surface area contributed by atoms with Crippen molar-refractivity contribution in [3.63, 3.8) is 0 Å². The molecule has 0 radical (unpaired) electrons. The summed E-state index contributed by atoms with van der Waals surface area (Å²) < 4.78 is 0. The number of hydrogen-bond donors (Lipinski definition) is 1. The Balaban J connectivity index is 2.87. The van der Waals surface area contributed by atoms with Crippen molar-refractivity contribution in [2.45, 2.75) is 46.0 Å². The second-order valence-corrected chi connectivity index (χ2v) is 4.33. The average Bonchev–Trinajstić information content (AvgIpc) is 2.21. The molecule has 15 heavy (non-hydrogen) atoms. The quantitative estimate of drug-likeness (QED) is 0.792. The van der Waals surface area contributed by atoms with E-state index >= 15 is 0 Å². The molecule has 0 aliphatic carbocycles. The molecule has 0 amide bonds. The minimum Gasteiger partial charge on any atom is -0.508 e. The zero-order valence-electron chi connectivity index (χ0n) is 9.52. The Morgan fingerprint density at radius 2 is 1.80 bits per heavy atom. The first-order valence-corrected chi connectivity index (χ1v) is 6.07. The van der Waals surface area contributed by atoms with Gasteiger partial charge in [-0.1, -0.05) is 38.3 Å². The molecule has 0 heterocycles. The van der Waals surface area contributed by atoms with Crippen LogP contribution in [0.3, 0.4) is 0 Å². The monoisotopic (exact) mass is 226 g/mol. The Kier molecular flexibility index (Phi) is 4.97. The van der Waals surface area contributed by atoms with Crippen LogP contribution in [0.4, 0.5) is 0 Å². The second kappa shape index (κ2) is 6.02. The normalized spacial score (nSPS) is 10.6. The Morgan fingerprint density at radius 1 is 1.07 bits per heavy atom. The summed E-state index contributed by atoms with van der Waals surface area (Å²) in [6, 6.07) is 3.73. The van der Waals surface area contributed by atoms with E-state index in [0.717, 1.165) is 48.3 Å². The summed E-state index contributed by atoms with van der Waals surface area (Å²) in [5.41, 5.74) is 2.03. The standard InChI is InChI=1S/C13H19ClO/c1-3-5-7-10-9-13(15)11(6-4-2)8-12(10)14/h8-9,15H,3-7H2,1-2H3. The molecular weight excluding hydrogens is 208 g/mol. The highest BCUT2D eigenvalue weighted by molar-refractivity contribution is 6.31. The van der Waals surface area contributed by atoms with E-state index in [-0.39, 0.29) is 0 Å². The third-order valence-corrected chi connectivity index (χ3v) is 2.92. The van der Waals surface area contributed by atoms with Crippen LogP contribution in [0.5, 0.6) is 5.75 Å². The highest BCUT2D eigenvalue weighted by atomic mass is 35.5. The third-order valence-electron chi connectivity index (χ3n) is 2.57. The van der Waals surface area contributed by atoms with Crippen molar-refractivity contribution >= 4 is 11.6 Å². The largest absolute Gasteiger partial charge is 0.508 e. The van der Waals surface area contributed by atoms with Crippen molar-refractivity contribution in [3.8, 4) is 5.75 Å². The van der Waals surface area contributed by atoms with Crippen molar-refractivity contribution in [2.75, 3.05) is 0 Å². The first-order valence-electron chi connectivity index (χ1n) is 5.69. The molecule has 2 heteroatoms. The van der Waals surface area contributed by atoms with Crippen LogP contribution in [0.2, 0.25) is 5.02 Å². The van der Waals surface area contributed by atoms with Crippen LogP contribution in [0.15, 0.2) is 12.1 Å². The van der Waals surface area contributed by atoms with Crippen LogP contribution in [-0.4, -0.2) is 5.11 Å². The number of rotatable bonds is 5. The van der Waals surface area contributed by atoms with Gasteiger partial charge in [0.1, 0.15) is 5.75 Å². The number of unbranched alkanes of at least 4 members (excludes halogenated alkanes) is 1. The number of hydrogen-bond acceptors (Lipinski definition) is 1.